The lowest BCUT2D eigenvalue weighted by Crippen LogP contribution is -2.28. The SMILES string of the molecule is c1ccc(C2(c3ccccc3)c3ccccc3-c3c(N(c4ccc(-c5cccc6ccccc56)cc4)c4cccc(-c5cc6ccccc6c6ccccc56)c4)cccc32)cc1. The van der Waals surface area contributed by atoms with E-state index in [9.17, 15) is 0 Å². The molecule has 1 aliphatic rings. The number of fused-ring (bicyclic) bond motifs is 7. The molecule has 0 heterocycles. The molecule has 0 bridgehead atoms. The number of rotatable bonds is 7. The molecule has 0 aromatic heterocycles. The standard InChI is InChI=1S/C61H41N/c1-3-22-46(23-4-1)61(47-24-5-2-6-25-47)57-33-14-13-31-55(57)60-58(61)34-17-35-59(60)62(48-38-36-43(37-39-48)51-32-16-20-42-18-7-9-27-50(42)51)49-26-15-21-44(40-49)56-41-45-19-8-10-28-52(45)53-29-11-12-30-54(53)56/h1-41H. The van der Waals surface area contributed by atoms with Gasteiger partial charge in [0.25, 0.3) is 0 Å². The summed E-state index contributed by atoms with van der Waals surface area (Å²) in [5.41, 5.74) is 15.2. The van der Waals surface area contributed by atoms with Crippen LogP contribution < -0.4 is 4.90 Å². The summed E-state index contributed by atoms with van der Waals surface area (Å²) >= 11 is 0. The second-order valence-corrected chi connectivity index (χ2v) is 16.4. The summed E-state index contributed by atoms with van der Waals surface area (Å²) < 4.78 is 0. The fourth-order valence-electron chi connectivity index (χ4n) is 10.5. The van der Waals surface area contributed by atoms with E-state index in [0.717, 1.165) is 17.1 Å². The zero-order valence-electron chi connectivity index (χ0n) is 34.1. The Balaban J connectivity index is 1.11. The van der Waals surface area contributed by atoms with Crippen molar-refractivity contribution in [3.8, 4) is 33.4 Å². The lowest BCUT2D eigenvalue weighted by atomic mass is 9.68. The van der Waals surface area contributed by atoms with Gasteiger partial charge in [-0.05, 0) is 119 Å². The van der Waals surface area contributed by atoms with Gasteiger partial charge in [0, 0.05) is 16.9 Å². The smallest absolute Gasteiger partial charge is 0.0714 e. The summed E-state index contributed by atoms with van der Waals surface area (Å²) in [7, 11) is 0. The summed E-state index contributed by atoms with van der Waals surface area (Å²) in [6.07, 6.45) is 0. The summed E-state index contributed by atoms with van der Waals surface area (Å²) in [5.74, 6) is 0. The van der Waals surface area contributed by atoms with Crippen molar-refractivity contribution >= 4 is 49.4 Å². The Kier molecular flexibility index (Phi) is 8.47. The largest absolute Gasteiger partial charge is 0.310 e. The Labute approximate surface area is 362 Å². The van der Waals surface area contributed by atoms with Crippen molar-refractivity contribution in [2.24, 2.45) is 0 Å². The molecule has 290 valence electrons. The average molecular weight is 788 g/mol. The van der Waals surface area contributed by atoms with Gasteiger partial charge in [-0.1, -0.05) is 212 Å². The topological polar surface area (TPSA) is 3.24 Å². The van der Waals surface area contributed by atoms with Gasteiger partial charge in [0.15, 0.2) is 0 Å². The zero-order chi connectivity index (χ0) is 41.0. The molecule has 12 rings (SSSR count). The Morgan fingerprint density at radius 3 is 1.63 bits per heavy atom. The van der Waals surface area contributed by atoms with Crippen molar-refractivity contribution in [1.82, 2.24) is 0 Å². The molecule has 0 aliphatic heterocycles. The second kappa shape index (κ2) is 14.6. The molecule has 0 saturated carbocycles. The fraction of sp³-hybridized carbons (Fsp3) is 0.0164. The molecule has 0 fully saturated rings. The van der Waals surface area contributed by atoms with Gasteiger partial charge in [-0.2, -0.15) is 0 Å². The van der Waals surface area contributed by atoms with E-state index in [1.807, 2.05) is 0 Å². The minimum Gasteiger partial charge on any atom is -0.310 e. The van der Waals surface area contributed by atoms with Crippen LogP contribution in [0, 0.1) is 0 Å². The van der Waals surface area contributed by atoms with E-state index < -0.39 is 5.41 Å². The number of hydrogen-bond donors (Lipinski definition) is 0. The van der Waals surface area contributed by atoms with E-state index in [1.165, 1.54) is 88.0 Å². The van der Waals surface area contributed by atoms with E-state index in [2.05, 4.69) is 254 Å². The molecular formula is C61H41N. The minimum atomic E-state index is -0.514. The first-order chi connectivity index (χ1) is 30.8. The van der Waals surface area contributed by atoms with E-state index in [1.54, 1.807) is 0 Å². The highest BCUT2D eigenvalue weighted by Crippen LogP contribution is 2.59. The average Bonchev–Trinajstić information content (AvgIpc) is 3.66. The van der Waals surface area contributed by atoms with Crippen LogP contribution in [0.5, 0.6) is 0 Å². The monoisotopic (exact) mass is 787 g/mol. The molecule has 1 heteroatoms. The van der Waals surface area contributed by atoms with Crippen LogP contribution in [0.2, 0.25) is 0 Å². The third-order valence-electron chi connectivity index (χ3n) is 13.1. The van der Waals surface area contributed by atoms with Crippen molar-refractivity contribution in [3.05, 3.63) is 271 Å². The highest BCUT2D eigenvalue weighted by Gasteiger charge is 2.47. The normalized spacial score (nSPS) is 12.6. The summed E-state index contributed by atoms with van der Waals surface area (Å²) in [6, 6.07) is 91.7. The molecule has 0 radical (unpaired) electrons. The van der Waals surface area contributed by atoms with Gasteiger partial charge in [-0.15, -0.1) is 0 Å². The first-order valence-corrected chi connectivity index (χ1v) is 21.5. The van der Waals surface area contributed by atoms with Crippen LogP contribution in [0.1, 0.15) is 22.3 Å². The predicted octanol–water partition coefficient (Wildman–Crippen LogP) is 16.3. The van der Waals surface area contributed by atoms with E-state index >= 15 is 0 Å². The van der Waals surface area contributed by atoms with E-state index in [-0.39, 0.29) is 0 Å². The lowest BCUT2D eigenvalue weighted by Gasteiger charge is -2.34. The Morgan fingerprint density at radius 1 is 0.290 bits per heavy atom. The summed E-state index contributed by atoms with van der Waals surface area (Å²) in [4.78, 5) is 2.49. The molecule has 0 unspecified atom stereocenters. The van der Waals surface area contributed by atoms with Crippen molar-refractivity contribution in [2.45, 2.75) is 5.41 Å². The van der Waals surface area contributed by atoms with Crippen LogP contribution in [0.4, 0.5) is 17.1 Å². The third kappa shape index (κ3) is 5.56. The number of nitrogens with zero attached hydrogens (tertiary/aromatic N) is 1. The maximum Gasteiger partial charge on any atom is 0.0714 e. The van der Waals surface area contributed by atoms with Crippen LogP contribution in [0.3, 0.4) is 0 Å². The molecule has 0 atom stereocenters. The molecule has 0 saturated heterocycles. The molecule has 1 nitrogen and oxygen atoms in total. The first kappa shape index (κ1) is 35.9. The molecule has 62 heavy (non-hydrogen) atoms. The highest BCUT2D eigenvalue weighted by molar-refractivity contribution is 6.14. The van der Waals surface area contributed by atoms with Gasteiger partial charge in [0.1, 0.15) is 0 Å². The van der Waals surface area contributed by atoms with E-state index in [4.69, 9.17) is 0 Å². The zero-order valence-corrected chi connectivity index (χ0v) is 34.1. The van der Waals surface area contributed by atoms with Crippen LogP contribution in [0.25, 0.3) is 65.7 Å². The number of hydrogen-bond acceptors (Lipinski definition) is 1. The lowest BCUT2D eigenvalue weighted by molar-refractivity contribution is 0.768. The fourth-order valence-corrected chi connectivity index (χ4v) is 10.5. The van der Waals surface area contributed by atoms with Gasteiger partial charge in [-0.25, -0.2) is 0 Å². The van der Waals surface area contributed by atoms with Crippen molar-refractivity contribution in [2.75, 3.05) is 4.90 Å². The molecule has 1 aliphatic carbocycles. The Bertz CT molecular complexity index is 3410. The minimum absolute atomic E-state index is 0.514. The maximum atomic E-state index is 2.49. The van der Waals surface area contributed by atoms with Crippen LogP contribution in [0.15, 0.2) is 249 Å². The summed E-state index contributed by atoms with van der Waals surface area (Å²) in [5, 5.41) is 7.53. The van der Waals surface area contributed by atoms with Gasteiger partial charge >= 0.3 is 0 Å². The molecule has 0 amide bonds. The molecule has 11 aromatic rings. The maximum absolute atomic E-state index is 2.49. The molecular weight excluding hydrogens is 747 g/mol. The van der Waals surface area contributed by atoms with Crippen LogP contribution in [-0.2, 0) is 5.41 Å². The van der Waals surface area contributed by atoms with Crippen LogP contribution >= 0.6 is 0 Å². The first-order valence-electron chi connectivity index (χ1n) is 21.5. The Morgan fingerprint density at radius 2 is 0.855 bits per heavy atom. The van der Waals surface area contributed by atoms with Gasteiger partial charge in [0.2, 0.25) is 0 Å². The third-order valence-corrected chi connectivity index (χ3v) is 13.1. The Hall–Kier alpha value is -8.00. The predicted molar refractivity (Wildman–Crippen MR) is 262 cm³/mol. The number of anilines is 3. The van der Waals surface area contributed by atoms with Gasteiger partial charge in [-0.3, -0.25) is 0 Å². The number of benzene rings is 11. The van der Waals surface area contributed by atoms with Crippen molar-refractivity contribution in [3.63, 3.8) is 0 Å². The second-order valence-electron chi connectivity index (χ2n) is 16.4. The van der Waals surface area contributed by atoms with Gasteiger partial charge in [0.05, 0.1) is 11.1 Å². The highest BCUT2D eigenvalue weighted by atomic mass is 15.1. The van der Waals surface area contributed by atoms with Crippen molar-refractivity contribution in [1.29, 1.82) is 0 Å². The van der Waals surface area contributed by atoms with Crippen molar-refractivity contribution < 1.29 is 0 Å². The van der Waals surface area contributed by atoms with E-state index in [0.29, 0.717) is 0 Å². The quantitative estimate of drug-likeness (QED) is 0.145. The molecule has 0 spiro atoms. The van der Waals surface area contributed by atoms with Gasteiger partial charge < -0.3 is 4.90 Å². The molecule has 11 aromatic carbocycles. The van der Waals surface area contributed by atoms with Crippen LogP contribution in [-0.4, -0.2) is 0 Å². The molecule has 0 N–H and O–H groups in total. The summed E-state index contributed by atoms with van der Waals surface area (Å²) in [6.45, 7) is 0.